The molecule has 0 bridgehead atoms. The maximum atomic E-state index is 12.5. The number of carbonyl (C=O) groups is 2. The predicted octanol–water partition coefficient (Wildman–Crippen LogP) is 2.28. The first kappa shape index (κ1) is 20.0. The van der Waals surface area contributed by atoms with Gasteiger partial charge in [0.15, 0.2) is 0 Å². The minimum atomic E-state index is -1.02. The number of nitro groups is 1. The Morgan fingerprint density at radius 3 is 2.33 bits per heavy atom. The van der Waals surface area contributed by atoms with Crippen LogP contribution >= 0.6 is 0 Å². The van der Waals surface area contributed by atoms with Gasteiger partial charge in [0.2, 0.25) is 5.88 Å². The summed E-state index contributed by atoms with van der Waals surface area (Å²) in [4.78, 5) is 35.6. The zero-order valence-corrected chi connectivity index (χ0v) is 15.2. The Kier molecular flexibility index (Phi) is 6.17. The van der Waals surface area contributed by atoms with E-state index < -0.39 is 22.8 Å². The normalized spacial score (nSPS) is 16.6. The average molecular weight is 376 g/mol. The molecule has 2 rings (SSSR count). The van der Waals surface area contributed by atoms with Gasteiger partial charge in [0.1, 0.15) is 11.3 Å². The Hall–Kier alpha value is -3.36. The van der Waals surface area contributed by atoms with Crippen molar-refractivity contribution in [3.63, 3.8) is 0 Å². The predicted molar refractivity (Wildman–Crippen MR) is 94.1 cm³/mol. The van der Waals surface area contributed by atoms with Crippen LogP contribution in [0, 0.1) is 10.1 Å². The van der Waals surface area contributed by atoms with E-state index in [2.05, 4.69) is 0 Å². The summed E-state index contributed by atoms with van der Waals surface area (Å²) in [6.45, 7) is 4.94. The van der Waals surface area contributed by atoms with Crippen LogP contribution in [-0.2, 0) is 23.8 Å². The maximum absolute atomic E-state index is 12.5. The van der Waals surface area contributed by atoms with Crippen LogP contribution in [0.1, 0.15) is 32.3 Å². The second kappa shape index (κ2) is 8.35. The van der Waals surface area contributed by atoms with Gasteiger partial charge in [0, 0.05) is 12.1 Å². The fourth-order valence-corrected chi connectivity index (χ4v) is 2.81. The van der Waals surface area contributed by atoms with Crippen LogP contribution in [-0.4, -0.2) is 30.1 Å². The Morgan fingerprint density at radius 2 is 1.78 bits per heavy atom. The standard InChI is InChI=1S/C18H20N2O7/c1-4-25-17(21)13-10(3)27-16(19)15(18(22)26-5-2)14(13)11-7-6-8-12(9-11)20(23)24/h6-9,14H,4-5,19H2,1-3H3. The maximum Gasteiger partial charge on any atom is 0.340 e. The van der Waals surface area contributed by atoms with Crippen molar-refractivity contribution in [1.82, 2.24) is 0 Å². The SMILES string of the molecule is CCOC(=O)C1=C(C)OC(N)=C(C(=O)OCC)C1c1cccc([N+](=O)[O-])c1. The van der Waals surface area contributed by atoms with Gasteiger partial charge in [0.05, 0.1) is 29.6 Å². The Balaban J connectivity index is 2.68. The molecular weight excluding hydrogens is 356 g/mol. The molecular formula is C18H20N2O7. The van der Waals surface area contributed by atoms with Gasteiger partial charge in [0.25, 0.3) is 5.69 Å². The second-order valence-corrected chi connectivity index (χ2v) is 5.58. The number of hydrogen-bond donors (Lipinski definition) is 1. The van der Waals surface area contributed by atoms with Crippen LogP contribution in [0.3, 0.4) is 0 Å². The number of non-ortho nitro benzene ring substituents is 1. The van der Waals surface area contributed by atoms with Crippen LogP contribution < -0.4 is 5.73 Å². The van der Waals surface area contributed by atoms with Crippen LogP contribution in [0.5, 0.6) is 0 Å². The molecule has 27 heavy (non-hydrogen) atoms. The lowest BCUT2D eigenvalue weighted by molar-refractivity contribution is -0.384. The molecule has 0 saturated heterocycles. The first-order chi connectivity index (χ1) is 12.8. The van der Waals surface area contributed by atoms with Crippen molar-refractivity contribution >= 4 is 17.6 Å². The molecule has 0 fully saturated rings. The fourth-order valence-electron chi connectivity index (χ4n) is 2.81. The van der Waals surface area contributed by atoms with Crippen molar-refractivity contribution in [3.05, 3.63) is 62.7 Å². The van der Waals surface area contributed by atoms with Gasteiger partial charge in [-0.3, -0.25) is 10.1 Å². The lowest BCUT2D eigenvalue weighted by atomic mass is 9.82. The van der Waals surface area contributed by atoms with Gasteiger partial charge >= 0.3 is 11.9 Å². The molecule has 1 aliphatic rings. The smallest absolute Gasteiger partial charge is 0.340 e. The first-order valence-corrected chi connectivity index (χ1v) is 8.28. The number of esters is 2. The summed E-state index contributed by atoms with van der Waals surface area (Å²) in [5.74, 6) is -2.58. The van der Waals surface area contributed by atoms with E-state index in [0.29, 0.717) is 5.56 Å². The first-order valence-electron chi connectivity index (χ1n) is 8.28. The zero-order chi connectivity index (χ0) is 20.1. The van der Waals surface area contributed by atoms with E-state index in [1.165, 1.54) is 25.1 Å². The molecule has 1 aromatic carbocycles. The van der Waals surface area contributed by atoms with Crippen molar-refractivity contribution in [3.8, 4) is 0 Å². The van der Waals surface area contributed by atoms with Crippen LogP contribution in [0.15, 0.2) is 47.1 Å². The highest BCUT2D eigenvalue weighted by Gasteiger charge is 2.40. The number of nitrogens with zero attached hydrogens (tertiary/aromatic N) is 1. The third kappa shape index (κ3) is 4.08. The molecule has 144 valence electrons. The molecule has 0 amide bonds. The number of nitrogens with two attached hydrogens (primary N) is 1. The average Bonchev–Trinajstić information content (AvgIpc) is 2.61. The van der Waals surface area contributed by atoms with Gasteiger partial charge in [-0.1, -0.05) is 12.1 Å². The molecule has 9 heteroatoms. The number of allylic oxidation sites excluding steroid dienone is 1. The van der Waals surface area contributed by atoms with Crippen LogP contribution in [0.2, 0.25) is 0 Å². The minimum Gasteiger partial charge on any atom is -0.463 e. The van der Waals surface area contributed by atoms with Gasteiger partial charge in [-0.05, 0) is 26.3 Å². The third-order valence-corrected chi connectivity index (χ3v) is 3.89. The number of ether oxygens (including phenoxy) is 3. The van der Waals surface area contributed by atoms with Crippen molar-refractivity contribution < 1.29 is 28.7 Å². The molecule has 0 aliphatic carbocycles. The van der Waals surface area contributed by atoms with E-state index in [9.17, 15) is 19.7 Å². The molecule has 1 heterocycles. The highest BCUT2D eigenvalue weighted by Crippen LogP contribution is 2.41. The van der Waals surface area contributed by atoms with Crippen LogP contribution in [0.4, 0.5) is 5.69 Å². The summed E-state index contributed by atoms with van der Waals surface area (Å²) in [7, 11) is 0. The highest BCUT2D eigenvalue weighted by atomic mass is 16.6. The monoisotopic (exact) mass is 376 g/mol. The van der Waals surface area contributed by atoms with Crippen molar-refractivity contribution in [2.45, 2.75) is 26.7 Å². The number of benzene rings is 1. The third-order valence-electron chi connectivity index (χ3n) is 3.89. The molecule has 1 unspecified atom stereocenters. The second-order valence-electron chi connectivity index (χ2n) is 5.58. The summed E-state index contributed by atoms with van der Waals surface area (Å²) < 4.78 is 15.5. The molecule has 0 saturated carbocycles. The molecule has 1 aliphatic heterocycles. The molecule has 0 radical (unpaired) electrons. The van der Waals surface area contributed by atoms with E-state index in [-0.39, 0.29) is 41.7 Å². The Bertz CT molecular complexity index is 802. The summed E-state index contributed by atoms with van der Waals surface area (Å²) >= 11 is 0. The number of hydrogen-bond acceptors (Lipinski definition) is 8. The van der Waals surface area contributed by atoms with Gasteiger partial charge in [-0.25, -0.2) is 9.59 Å². The van der Waals surface area contributed by atoms with E-state index in [0.717, 1.165) is 0 Å². The summed E-state index contributed by atoms with van der Waals surface area (Å²) in [5.41, 5.74) is 5.96. The van der Waals surface area contributed by atoms with Crippen molar-refractivity contribution in [2.75, 3.05) is 13.2 Å². The van der Waals surface area contributed by atoms with Crippen LogP contribution in [0.25, 0.3) is 0 Å². The molecule has 0 spiro atoms. The van der Waals surface area contributed by atoms with E-state index in [4.69, 9.17) is 19.9 Å². The van der Waals surface area contributed by atoms with Gasteiger partial charge < -0.3 is 19.9 Å². The molecule has 1 atom stereocenters. The largest absolute Gasteiger partial charge is 0.463 e. The van der Waals surface area contributed by atoms with Gasteiger partial charge in [-0.2, -0.15) is 0 Å². The highest BCUT2D eigenvalue weighted by molar-refractivity contribution is 5.99. The zero-order valence-electron chi connectivity index (χ0n) is 15.2. The van der Waals surface area contributed by atoms with E-state index in [1.54, 1.807) is 19.9 Å². The van der Waals surface area contributed by atoms with E-state index in [1.807, 2.05) is 0 Å². The lowest BCUT2D eigenvalue weighted by Crippen LogP contribution is -2.30. The number of rotatable bonds is 6. The molecule has 1 aromatic rings. The molecule has 2 N–H and O–H groups in total. The van der Waals surface area contributed by atoms with Crippen molar-refractivity contribution in [1.29, 1.82) is 0 Å². The molecule has 0 aromatic heterocycles. The summed E-state index contributed by atoms with van der Waals surface area (Å²) in [6.07, 6.45) is 0. The molecule has 9 nitrogen and oxygen atoms in total. The summed E-state index contributed by atoms with van der Waals surface area (Å²) in [6, 6.07) is 5.59. The number of carbonyl (C=O) groups excluding carboxylic acids is 2. The number of nitro benzene ring substituents is 1. The van der Waals surface area contributed by atoms with E-state index >= 15 is 0 Å². The summed E-state index contributed by atoms with van der Waals surface area (Å²) in [5, 5.41) is 11.1. The fraction of sp³-hybridized carbons (Fsp3) is 0.333. The topological polar surface area (TPSA) is 131 Å². The Labute approximate surface area is 155 Å². The quantitative estimate of drug-likeness (QED) is 0.454. The Morgan fingerprint density at radius 1 is 1.19 bits per heavy atom. The lowest BCUT2D eigenvalue weighted by Gasteiger charge is -2.28. The van der Waals surface area contributed by atoms with Crippen molar-refractivity contribution in [2.24, 2.45) is 5.73 Å². The van der Waals surface area contributed by atoms with Gasteiger partial charge in [-0.15, -0.1) is 0 Å². The minimum absolute atomic E-state index is 0.0367.